The molecule has 0 spiro atoms. The number of aromatic nitrogens is 1. The van der Waals surface area contributed by atoms with E-state index in [-0.39, 0.29) is 11.8 Å². The van der Waals surface area contributed by atoms with Gasteiger partial charge in [0.15, 0.2) is 0 Å². The standard InChI is InChI=1S/C19H21N3O2S/c1-25-17-7-5-15(6-8-17)18(23)21-10-3-11-22(13-12-21)19(24)16-4-2-9-20-14-16/h2,4-9,14H,3,10-13H2,1H3. The number of carbonyl (C=O) groups is 2. The molecule has 0 radical (unpaired) electrons. The van der Waals surface area contributed by atoms with Gasteiger partial charge in [0.1, 0.15) is 0 Å². The van der Waals surface area contributed by atoms with E-state index in [0.29, 0.717) is 37.3 Å². The van der Waals surface area contributed by atoms with Crippen molar-refractivity contribution in [1.29, 1.82) is 0 Å². The summed E-state index contributed by atoms with van der Waals surface area (Å²) in [5, 5.41) is 0. The topological polar surface area (TPSA) is 53.5 Å². The Labute approximate surface area is 152 Å². The van der Waals surface area contributed by atoms with Crippen LogP contribution in [0.3, 0.4) is 0 Å². The molecule has 1 fully saturated rings. The van der Waals surface area contributed by atoms with Gasteiger partial charge < -0.3 is 9.80 Å². The highest BCUT2D eigenvalue weighted by Crippen LogP contribution is 2.17. The highest BCUT2D eigenvalue weighted by Gasteiger charge is 2.23. The molecule has 25 heavy (non-hydrogen) atoms. The zero-order chi connectivity index (χ0) is 17.6. The lowest BCUT2D eigenvalue weighted by Crippen LogP contribution is -2.37. The Kier molecular flexibility index (Phi) is 5.71. The highest BCUT2D eigenvalue weighted by molar-refractivity contribution is 7.98. The Hall–Kier alpha value is -2.34. The van der Waals surface area contributed by atoms with Gasteiger partial charge in [0.2, 0.25) is 0 Å². The third-order valence-electron chi connectivity index (χ3n) is 4.32. The number of hydrogen-bond acceptors (Lipinski definition) is 4. The fourth-order valence-electron chi connectivity index (χ4n) is 2.91. The summed E-state index contributed by atoms with van der Waals surface area (Å²) >= 11 is 1.66. The van der Waals surface area contributed by atoms with Crippen LogP contribution in [0.5, 0.6) is 0 Å². The van der Waals surface area contributed by atoms with Gasteiger partial charge in [-0.15, -0.1) is 11.8 Å². The van der Waals surface area contributed by atoms with Crippen molar-refractivity contribution in [2.75, 3.05) is 32.4 Å². The lowest BCUT2D eigenvalue weighted by Gasteiger charge is -2.22. The number of benzene rings is 1. The van der Waals surface area contributed by atoms with Crippen molar-refractivity contribution in [3.05, 3.63) is 59.9 Å². The molecule has 1 aromatic carbocycles. The first-order valence-electron chi connectivity index (χ1n) is 8.31. The quantitative estimate of drug-likeness (QED) is 0.795. The molecule has 0 saturated carbocycles. The predicted molar refractivity (Wildman–Crippen MR) is 98.9 cm³/mol. The normalized spacial score (nSPS) is 14.9. The monoisotopic (exact) mass is 355 g/mol. The van der Waals surface area contributed by atoms with Gasteiger partial charge in [0.05, 0.1) is 5.56 Å². The van der Waals surface area contributed by atoms with Gasteiger partial charge in [-0.2, -0.15) is 0 Å². The molecule has 5 nitrogen and oxygen atoms in total. The molecule has 2 amide bonds. The van der Waals surface area contributed by atoms with Crippen molar-refractivity contribution in [2.24, 2.45) is 0 Å². The van der Waals surface area contributed by atoms with Crippen molar-refractivity contribution in [3.8, 4) is 0 Å². The summed E-state index contributed by atoms with van der Waals surface area (Å²) < 4.78 is 0. The van der Waals surface area contributed by atoms with Gasteiger partial charge in [-0.25, -0.2) is 0 Å². The molecular weight excluding hydrogens is 334 g/mol. The first kappa shape index (κ1) is 17.5. The molecule has 2 heterocycles. The van der Waals surface area contributed by atoms with E-state index in [2.05, 4.69) is 4.98 Å². The van der Waals surface area contributed by atoms with E-state index in [1.54, 1.807) is 41.2 Å². The molecule has 6 heteroatoms. The average Bonchev–Trinajstić information content (AvgIpc) is 2.94. The Morgan fingerprint density at radius 3 is 2.12 bits per heavy atom. The summed E-state index contributed by atoms with van der Waals surface area (Å²) in [5.74, 6) is 0.00931. The summed E-state index contributed by atoms with van der Waals surface area (Å²) in [5.41, 5.74) is 1.29. The Morgan fingerprint density at radius 1 is 0.920 bits per heavy atom. The highest BCUT2D eigenvalue weighted by atomic mass is 32.2. The van der Waals surface area contributed by atoms with Crippen LogP contribution in [-0.2, 0) is 0 Å². The molecular formula is C19H21N3O2S. The fourth-order valence-corrected chi connectivity index (χ4v) is 3.32. The summed E-state index contributed by atoms with van der Waals surface area (Å²) in [6.07, 6.45) is 6.03. The zero-order valence-electron chi connectivity index (χ0n) is 14.2. The smallest absolute Gasteiger partial charge is 0.255 e. The number of amides is 2. The van der Waals surface area contributed by atoms with E-state index in [9.17, 15) is 9.59 Å². The number of rotatable bonds is 3. The Balaban J connectivity index is 1.64. The first-order valence-corrected chi connectivity index (χ1v) is 9.54. The number of pyridine rings is 1. The van der Waals surface area contributed by atoms with Gasteiger partial charge >= 0.3 is 0 Å². The second-order valence-electron chi connectivity index (χ2n) is 5.91. The van der Waals surface area contributed by atoms with Gasteiger partial charge in [0, 0.05) is 49.0 Å². The number of nitrogens with zero attached hydrogens (tertiary/aromatic N) is 3. The van der Waals surface area contributed by atoms with Crippen molar-refractivity contribution < 1.29 is 9.59 Å². The van der Waals surface area contributed by atoms with Gasteiger partial charge in [-0.3, -0.25) is 14.6 Å². The minimum Gasteiger partial charge on any atom is -0.337 e. The van der Waals surface area contributed by atoms with Crippen molar-refractivity contribution in [2.45, 2.75) is 11.3 Å². The summed E-state index contributed by atoms with van der Waals surface area (Å²) in [4.78, 5) is 34.0. The van der Waals surface area contributed by atoms with E-state index < -0.39 is 0 Å². The van der Waals surface area contributed by atoms with E-state index in [1.165, 1.54) is 0 Å². The molecule has 1 aromatic heterocycles. The van der Waals surface area contributed by atoms with Crippen LogP contribution < -0.4 is 0 Å². The molecule has 0 N–H and O–H groups in total. The van der Waals surface area contributed by atoms with Crippen LogP contribution in [0, 0.1) is 0 Å². The molecule has 0 aliphatic carbocycles. The lowest BCUT2D eigenvalue weighted by molar-refractivity contribution is 0.0718. The van der Waals surface area contributed by atoms with Gasteiger partial charge in [-0.1, -0.05) is 0 Å². The maximum Gasteiger partial charge on any atom is 0.255 e. The Bertz CT molecular complexity index is 734. The van der Waals surface area contributed by atoms with Crippen LogP contribution in [-0.4, -0.2) is 59.0 Å². The van der Waals surface area contributed by atoms with Crippen LogP contribution >= 0.6 is 11.8 Å². The number of thioether (sulfide) groups is 1. The van der Waals surface area contributed by atoms with Crippen molar-refractivity contribution in [3.63, 3.8) is 0 Å². The minimum absolute atomic E-state index is 0.0216. The Morgan fingerprint density at radius 2 is 1.56 bits per heavy atom. The van der Waals surface area contributed by atoms with Crippen molar-refractivity contribution >= 4 is 23.6 Å². The molecule has 0 atom stereocenters. The summed E-state index contributed by atoms with van der Waals surface area (Å²) in [6, 6.07) is 11.2. The molecule has 1 aliphatic rings. The second-order valence-corrected chi connectivity index (χ2v) is 6.79. The number of carbonyl (C=O) groups excluding carboxylic acids is 2. The van der Waals surface area contributed by atoms with Crippen LogP contribution in [0.2, 0.25) is 0 Å². The molecule has 3 rings (SSSR count). The minimum atomic E-state index is -0.0216. The van der Waals surface area contributed by atoms with E-state index in [1.807, 2.05) is 35.4 Å². The molecule has 1 saturated heterocycles. The molecule has 130 valence electrons. The maximum atomic E-state index is 12.7. The van der Waals surface area contributed by atoms with Gasteiger partial charge in [-0.05, 0) is 49.1 Å². The molecule has 2 aromatic rings. The summed E-state index contributed by atoms with van der Waals surface area (Å²) in [6.45, 7) is 2.42. The van der Waals surface area contributed by atoms with E-state index >= 15 is 0 Å². The summed E-state index contributed by atoms with van der Waals surface area (Å²) in [7, 11) is 0. The molecule has 0 bridgehead atoms. The number of hydrogen-bond donors (Lipinski definition) is 0. The maximum absolute atomic E-state index is 12.7. The zero-order valence-corrected chi connectivity index (χ0v) is 15.0. The van der Waals surface area contributed by atoms with Gasteiger partial charge in [0.25, 0.3) is 11.8 Å². The fraction of sp³-hybridized carbons (Fsp3) is 0.316. The van der Waals surface area contributed by atoms with Crippen molar-refractivity contribution in [1.82, 2.24) is 14.8 Å². The van der Waals surface area contributed by atoms with Crippen LogP contribution in [0.4, 0.5) is 0 Å². The van der Waals surface area contributed by atoms with E-state index in [0.717, 1.165) is 11.3 Å². The van der Waals surface area contributed by atoms with E-state index in [4.69, 9.17) is 0 Å². The first-order chi connectivity index (χ1) is 12.2. The van der Waals surface area contributed by atoms with Crippen LogP contribution in [0.1, 0.15) is 27.1 Å². The largest absolute Gasteiger partial charge is 0.337 e. The lowest BCUT2D eigenvalue weighted by atomic mass is 10.2. The van der Waals surface area contributed by atoms with Crippen LogP contribution in [0.25, 0.3) is 0 Å². The predicted octanol–water partition coefficient (Wildman–Crippen LogP) is 2.79. The SMILES string of the molecule is CSc1ccc(C(=O)N2CCCN(C(=O)c3cccnc3)CC2)cc1. The van der Waals surface area contributed by atoms with Crippen LogP contribution in [0.15, 0.2) is 53.7 Å². The third-order valence-corrected chi connectivity index (χ3v) is 5.06. The molecule has 0 unspecified atom stereocenters. The second kappa shape index (κ2) is 8.16. The third kappa shape index (κ3) is 4.20. The average molecular weight is 355 g/mol. The molecule has 1 aliphatic heterocycles.